The van der Waals surface area contributed by atoms with Crippen molar-refractivity contribution in [2.45, 2.75) is 57.5 Å². The van der Waals surface area contributed by atoms with Gasteiger partial charge in [0, 0.05) is 39.9 Å². The lowest BCUT2D eigenvalue weighted by atomic mass is 10.0. The average molecular weight is 274 g/mol. The summed E-state index contributed by atoms with van der Waals surface area (Å²) in [7, 11) is 3.17. The molecule has 1 aliphatic heterocycles. The van der Waals surface area contributed by atoms with Gasteiger partial charge in [-0.25, -0.2) is 0 Å². The van der Waals surface area contributed by atoms with Crippen LogP contribution in [-0.4, -0.2) is 45.3 Å². The third-order valence-corrected chi connectivity index (χ3v) is 3.42. The molecule has 1 saturated heterocycles. The van der Waals surface area contributed by atoms with Crippen LogP contribution in [0.3, 0.4) is 0 Å². The van der Waals surface area contributed by atoms with Gasteiger partial charge >= 0.3 is 0 Å². The Bertz CT molecular complexity index is 257. The van der Waals surface area contributed by atoms with Gasteiger partial charge in [-0.05, 0) is 19.8 Å². The molecule has 0 unspecified atom stereocenters. The fraction of sp³-hybridized carbons (Fsp3) is 0.929. The Morgan fingerprint density at radius 3 is 2.37 bits per heavy atom. The molecule has 5 heteroatoms. The number of carbonyl (C=O) groups excluding carboxylic acids is 1. The second-order valence-electron chi connectivity index (χ2n) is 5.02. The lowest BCUT2D eigenvalue weighted by Gasteiger charge is -2.21. The van der Waals surface area contributed by atoms with Gasteiger partial charge in [-0.2, -0.15) is 0 Å². The van der Waals surface area contributed by atoms with Crippen LogP contribution in [0.4, 0.5) is 0 Å². The van der Waals surface area contributed by atoms with Crippen LogP contribution in [0.15, 0.2) is 0 Å². The molecule has 0 aromatic heterocycles. The van der Waals surface area contributed by atoms with Crippen LogP contribution in [0.5, 0.6) is 0 Å². The van der Waals surface area contributed by atoms with Crippen LogP contribution < -0.4 is 0 Å². The Morgan fingerprint density at radius 2 is 1.79 bits per heavy atom. The van der Waals surface area contributed by atoms with Gasteiger partial charge in [-0.3, -0.25) is 4.79 Å². The summed E-state index contributed by atoms with van der Waals surface area (Å²) in [4.78, 5) is 11.7. The zero-order chi connectivity index (χ0) is 14.1. The fourth-order valence-corrected chi connectivity index (χ4v) is 2.21. The smallest absolute Gasteiger partial charge is 0.165 e. The number of rotatable bonds is 10. The molecular weight excluding hydrogens is 248 g/mol. The maximum atomic E-state index is 11.7. The summed E-state index contributed by atoms with van der Waals surface area (Å²) in [6.07, 6.45) is 4.14. The van der Waals surface area contributed by atoms with E-state index < -0.39 is 5.79 Å². The third-order valence-electron chi connectivity index (χ3n) is 3.42. The summed E-state index contributed by atoms with van der Waals surface area (Å²) in [5.74, 6) is -0.169. The Labute approximate surface area is 115 Å². The van der Waals surface area contributed by atoms with E-state index in [-0.39, 0.29) is 12.1 Å². The van der Waals surface area contributed by atoms with Crippen LogP contribution >= 0.6 is 0 Å². The van der Waals surface area contributed by atoms with E-state index in [4.69, 9.17) is 18.9 Å². The van der Waals surface area contributed by atoms with Gasteiger partial charge in [-0.1, -0.05) is 0 Å². The number of Topliss-reactive ketones (excluding diaryl/α,β-unsaturated/α-hetero) is 1. The SMILES string of the molecule is COC(CCC(=O)CCCCC1(C)OCCO1)OC. The van der Waals surface area contributed by atoms with E-state index in [1.165, 1.54) is 0 Å². The van der Waals surface area contributed by atoms with Crippen molar-refractivity contribution in [1.29, 1.82) is 0 Å². The van der Waals surface area contributed by atoms with Crippen molar-refractivity contribution in [3.63, 3.8) is 0 Å². The third kappa shape index (κ3) is 6.47. The molecule has 0 atom stereocenters. The first kappa shape index (κ1) is 16.6. The Morgan fingerprint density at radius 1 is 1.16 bits per heavy atom. The standard InChI is InChI=1S/C14H26O5/c1-14(18-10-11-19-14)9-5-4-6-12(15)7-8-13(16-2)17-3/h13H,4-11H2,1-3H3. The molecule has 19 heavy (non-hydrogen) atoms. The van der Waals surface area contributed by atoms with Gasteiger partial charge in [0.1, 0.15) is 5.78 Å². The second-order valence-corrected chi connectivity index (χ2v) is 5.02. The average Bonchev–Trinajstić information content (AvgIpc) is 2.83. The second kappa shape index (κ2) is 8.64. The van der Waals surface area contributed by atoms with E-state index in [2.05, 4.69) is 0 Å². The van der Waals surface area contributed by atoms with Crippen LogP contribution in [0, 0.1) is 0 Å². The molecule has 0 aromatic rings. The molecule has 0 aromatic carbocycles. The van der Waals surface area contributed by atoms with E-state index in [1.807, 2.05) is 6.92 Å². The van der Waals surface area contributed by atoms with Crippen LogP contribution in [0.25, 0.3) is 0 Å². The Hall–Kier alpha value is -0.490. The van der Waals surface area contributed by atoms with Gasteiger partial charge in [0.2, 0.25) is 0 Å². The summed E-state index contributed by atoms with van der Waals surface area (Å²) < 4.78 is 21.1. The number of hydrogen-bond acceptors (Lipinski definition) is 5. The van der Waals surface area contributed by atoms with Gasteiger partial charge in [-0.15, -0.1) is 0 Å². The van der Waals surface area contributed by atoms with Crippen molar-refractivity contribution in [1.82, 2.24) is 0 Å². The number of ether oxygens (including phenoxy) is 4. The lowest BCUT2D eigenvalue weighted by Crippen LogP contribution is -2.25. The molecule has 1 fully saturated rings. The van der Waals surface area contributed by atoms with Crippen molar-refractivity contribution in [2.24, 2.45) is 0 Å². The van der Waals surface area contributed by atoms with E-state index in [1.54, 1.807) is 14.2 Å². The molecule has 1 heterocycles. The Balaban J connectivity index is 2.04. The molecule has 0 spiro atoms. The fourth-order valence-electron chi connectivity index (χ4n) is 2.21. The van der Waals surface area contributed by atoms with Crippen LogP contribution in [0.1, 0.15) is 45.4 Å². The summed E-state index contributed by atoms with van der Waals surface area (Å²) in [6.45, 7) is 3.30. The summed E-state index contributed by atoms with van der Waals surface area (Å²) in [5, 5.41) is 0. The first-order chi connectivity index (χ1) is 9.09. The molecular formula is C14H26O5. The van der Waals surface area contributed by atoms with Crippen molar-refractivity contribution in [3.8, 4) is 0 Å². The van der Waals surface area contributed by atoms with Crippen LogP contribution in [-0.2, 0) is 23.7 Å². The molecule has 0 amide bonds. The highest BCUT2D eigenvalue weighted by Crippen LogP contribution is 2.25. The summed E-state index contributed by atoms with van der Waals surface area (Å²) >= 11 is 0. The Kier molecular flexibility index (Phi) is 7.53. The zero-order valence-corrected chi connectivity index (χ0v) is 12.3. The summed E-state index contributed by atoms with van der Waals surface area (Å²) in [5.41, 5.74) is 0. The molecule has 1 aliphatic rings. The van der Waals surface area contributed by atoms with E-state index in [9.17, 15) is 4.79 Å². The highest BCUT2D eigenvalue weighted by Gasteiger charge is 2.29. The number of unbranched alkanes of at least 4 members (excludes halogenated alkanes) is 1. The molecule has 0 N–H and O–H groups in total. The van der Waals surface area contributed by atoms with E-state index in [0.29, 0.717) is 32.5 Å². The van der Waals surface area contributed by atoms with Crippen molar-refractivity contribution in [3.05, 3.63) is 0 Å². The van der Waals surface area contributed by atoms with E-state index >= 15 is 0 Å². The highest BCUT2D eigenvalue weighted by atomic mass is 16.7. The van der Waals surface area contributed by atoms with Gasteiger partial charge in [0.05, 0.1) is 13.2 Å². The molecule has 0 saturated carbocycles. The van der Waals surface area contributed by atoms with Crippen molar-refractivity contribution < 1.29 is 23.7 Å². The minimum absolute atomic E-state index is 0.262. The quantitative estimate of drug-likeness (QED) is 0.452. The van der Waals surface area contributed by atoms with Crippen molar-refractivity contribution in [2.75, 3.05) is 27.4 Å². The summed E-state index contributed by atoms with van der Waals surface area (Å²) in [6, 6.07) is 0. The van der Waals surface area contributed by atoms with Crippen molar-refractivity contribution >= 4 is 5.78 Å². The van der Waals surface area contributed by atoms with E-state index in [0.717, 1.165) is 19.3 Å². The maximum Gasteiger partial charge on any atom is 0.165 e. The zero-order valence-electron chi connectivity index (χ0n) is 12.3. The largest absolute Gasteiger partial charge is 0.356 e. The predicted molar refractivity (Wildman–Crippen MR) is 70.8 cm³/mol. The number of hydrogen-bond donors (Lipinski definition) is 0. The van der Waals surface area contributed by atoms with Gasteiger partial charge in [0.15, 0.2) is 12.1 Å². The molecule has 0 bridgehead atoms. The topological polar surface area (TPSA) is 54.0 Å². The number of carbonyl (C=O) groups is 1. The molecule has 1 rings (SSSR count). The lowest BCUT2D eigenvalue weighted by molar-refractivity contribution is -0.147. The van der Waals surface area contributed by atoms with Gasteiger partial charge < -0.3 is 18.9 Å². The molecule has 0 radical (unpaired) electrons. The first-order valence-electron chi connectivity index (χ1n) is 6.95. The normalized spacial score (nSPS) is 18.1. The highest BCUT2D eigenvalue weighted by molar-refractivity contribution is 5.78. The maximum absolute atomic E-state index is 11.7. The van der Waals surface area contributed by atoms with Gasteiger partial charge in [0.25, 0.3) is 0 Å². The minimum Gasteiger partial charge on any atom is -0.356 e. The predicted octanol–water partition coefficient (Wildman–Crippen LogP) is 2.28. The van der Waals surface area contributed by atoms with Crippen LogP contribution in [0.2, 0.25) is 0 Å². The molecule has 112 valence electrons. The minimum atomic E-state index is -0.430. The number of methoxy groups -OCH3 is 2. The molecule has 0 aliphatic carbocycles. The first-order valence-corrected chi connectivity index (χ1v) is 6.95. The monoisotopic (exact) mass is 274 g/mol. The molecule has 5 nitrogen and oxygen atoms in total. The number of ketones is 1.